The fraction of sp³-hybridized carbons (Fsp3) is 0.250. The van der Waals surface area contributed by atoms with Gasteiger partial charge < -0.3 is 10.1 Å². The van der Waals surface area contributed by atoms with E-state index in [0.717, 1.165) is 17.4 Å². The average molecular weight is 356 g/mol. The monoisotopic (exact) mass is 355 g/mol. The number of nitrogens with one attached hydrogen (secondary N) is 1. The van der Waals surface area contributed by atoms with Gasteiger partial charge in [0.2, 0.25) is 0 Å². The van der Waals surface area contributed by atoms with Crippen LogP contribution < -0.4 is 10.1 Å². The van der Waals surface area contributed by atoms with Gasteiger partial charge in [-0.25, -0.2) is 8.78 Å². The molecule has 0 saturated heterocycles. The lowest BCUT2D eigenvalue weighted by Gasteiger charge is -2.17. The van der Waals surface area contributed by atoms with Gasteiger partial charge in [-0.05, 0) is 53.0 Å². The molecule has 2 aromatic rings. The van der Waals surface area contributed by atoms with Crippen molar-refractivity contribution in [3.05, 3.63) is 58.1 Å². The molecule has 1 unspecified atom stereocenters. The van der Waals surface area contributed by atoms with Crippen LogP contribution in [0.25, 0.3) is 0 Å². The first-order chi connectivity index (χ1) is 9.99. The Morgan fingerprint density at radius 2 is 1.86 bits per heavy atom. The number of methoxy groups -OCH3 is 1. The molecule has 2 rings (SSSR count). The van der Waals surface area contributed by atoms with E-state index in [1.807, 2.05) is 31.2 Å². The second kappa shape index (κ2) is 6.89. The summed E-state index contributed by atoms with van der Waals surface area (Å²) in [6.07, 6.45) is 0.716. The number of anilines is 1. The van der Waals surface area contributed by atoms with Crippen molar-refractivity contribution < 1.29 is 13.5 Å². The van der Waals surface area contributed by atoms with Gasteiger partial charge >= 0.3 is 0 Å². The predicted octanol–water partition coefficient (Wildman–Crippen LogP) is 4.78. The first-order valence-corrected chi connectivity index (χ1v) is 7.33. The van der Waals surface area contributed by atoms with Gasteiger partial charge in [0.05, 0.1) is 12.8 Å². The Bertz CT molecular complexity index is 593. The van der Waals surface area contributed by atoms with Gasteiger partial charge in [-0.2, -0.15) is 0 Å². The summed E-state index contributed by atoms with van der Waals surface area (Å²) < 4.78 is 32.3. The van der Waals surface area contributed by atoms with Crippen molar-refractivity contribution in [2.24, 2.45) is 0 Å². The zero-order chi connectivity index (χ0) is 15.4. The molecular formula is C16H16BrF2NO. The number of rotatable bonds is 5. The van der Waals surface area contributed by atoms with E-state index in [0.29, 0.717) is 10.9 Å². The van der Waals surface area contributed by atoms with E-state index >= 15 is 0 Å². The average Bonchev–Trinajstić information content (AvgIpc) is 2.43. The van der Waals surface area contributed by atoms with Crippen molar-refractivity contribution in [3.8, 4) is 5.75 Å². The summed E-state index contributed by atoms with van der Waals surface area (Å²) >= 11 is 3.17. The second-order valence-corrected chi connectivity index (χ2v) is 5.70. The molecule has 0 heterocycles. The Labute approximate surface area is 131 Å². The Morgan fingerprint density at radius 3 is 2.43 bits per heavy atom. The molecule has 2 aromatic carbocycles. The standard InChI is InChI=1S/C16H16BrF2NO/c1-10(7-11-3-5-13(21-2)6-4-11)20-16-14(17)8-12(18)9-15(16)19/h3-6,8-10,20H,7H2,1-2H3. The Kier molecular flexibility index (Phi) is 5.17. The molecular weight excluding hydrogens is 340 g/mol. The van der Waals surface area contributed by atoms with Crippen LogP contribution in [0.15, 0.2) is 40.9 Å². The molecule has 0 saturated carbocycles. The van der Waals surface area contributed by atoms with E-state index in [4.69, 9.17) is 4.74 Å². The van der Waals surface area contributed by atoms with Crippen LogP contribution in [-0.2, 0) is 6.42 Å². The molecule has 0 fully saturated rings. The van der Waals surface area contributed by atoms with E-state index in [1.165, 1.54) is 6.07 Å². The van der Waals surface area contributed by atoms with Crippen LogP contribution in [-0.4, -0.2) is 13.2 Å². The second-order valence-electron chi connectivity index (χ2n) is 4.84. The lowest BCUT2D eigenvalue weighted by atomic mass is 10.1. The summed E-state index contributed by atoms with van der Waals surface area (Å²) in [7, 11) is 1.62. The molecule has 5 heteroatoms. The predicted molar refractivity (Wildman–Crippen MR) is 83.8 cm³/mol. The van der Waals surface area contributed by atoms with Crippen molar-refractivity contribution in [1.82, 2.24) is 0 Å². The van der Waals surface area contributed by atoms with Gasteiger partial charge in [0.25, 0.3) is 0 Å². The maximum Gasteiger partial charge on any atom is 0.150 e. The Morgan fingerprint density at radius 1 is 1.19 bits per heavy atom. The maximum absolute atomic E-state index is 13.8. The van der Waals surface area contributed by atoms with Crippen LogP contribution in [0.1, 0.15) is 12.5 Å². The number of hydrogen-bond donors (Lipinski definition) is 1. The molecule has 0 amide bonds. The fourth-order valence-corrected chi connectivity index (χ4v) is 2.62. The third-order valence-corrected chi connectivity index (χ3v) is 3.72. The molecule has 2 nitrogen and oxygen atoms in total. The minimum atomic E-state index is -0.608. The fourth-order valence-electron chi connectivity index (χ4n) is 2.09. The largest absolute Gasteiger partial charge is 0.497 e. The lowest BCUT2D eigenvalue weighted by Crippen LogP contribution is -2.19. The van der Waals surface area contributed by atoms with Gasteiger partial charge in [-0.3, -0.25) is 0 Å². The van der Waals surface area contributed by atoms with Crippen LogP contribution in [0.4, 0.5) is 14.5 Å². The molecule has 0 radical (unpaired) electrons. The van der Waals surface area contributed by atoms with Gasteiger partial charge in [-0.1, -0.05) is 12.1 Å². The highest BCUT2D eigenvalue weighted by Gasteiger charge is 2.12. The molecule has 0 aliphatic rings. The van der Waals surface area contributed by atoms with Crippen LogP contribution in [0.5, 0.6) is 5.75 Å². The van der Waals surface area contributed by atoms with Crippen molar-refractivity contribution >= 4 is 21.6 Å². The van der Waals surface area contributed by atoms with Gasteiger partial charge in [0, 0.05) is 16.6 Å². The highest BCUT2D eigenvalue weighted by molar-refractivity contribution is 9.10. The van der Waals surface area contributed by atoms with Crippen LogP contribution in [0.2, 0.25) is 0 Å². The molecule has 21 heavy (non-hydrogen) atoms. The highest BCUT2D eigenvalue weighted by Crippen LogP contribution is 2.28. The van der Waals surface area contributed by atoms with E-state index in [-0.39, 0.29) is 11.7 Å². The Balaban J connectivity index is 2.06. The third-order valence-electron chi connectivity index (χ3n) is 3.10. The number of ether oxygens (including phenoxy) is 1. The zero-order valence-electron chi connectivity index (χ0n) is 11.8. The quantitative estimate of drug-likeness (QED) is 0.833. The summed E-state index contributed by atoms with van der Waals surface area (Å²) in [5, 5.41) is 3.06. The molecule has 112 valence electrons. The van der Waals surface area contributed by atoms with Gasteiger partial charge in [-0.15, -0.1) is 0 Å². The van der Waals surface area contributed by atoms with Gasteiger partial charge in [0.1, 0.15) is 17.4 Å². The van der Waals surface area contributed by atoms with Crippen LogP contribution >= 0.6 is 15.9 Å². The molecule has 0 aliphatic heterocycles. The maximum atomic E-state index is 13.8. The summed E-state index contributed by atoms with van der Waals surface area (Å²) in [5.74, 6) is -0.414. The molecule has 0 aliphatic carbocycles. The summed E-state index contributed by atoms with van der Waals surface area (Å²) in [6, 6.07) is 9.81. The lowest BCUT2D eigenvalue weighted by molar-refractivity contribution is 0.414. The molecule has 1 atom stereocenters. The highest BCUT2D eigenvalue weighted by atomic mass is 79.9. The molecule has 0 aromatic heterocycles. The van der Waals surface area contributed by atoms with E-state index in [2.05, 4.69) is 21.2 Å². The summed E-state index contributed by atoms with van der Waals surface area (Å²) in [5.41, 5.74) is 1.38. The summed E-state index contributed by atoms with van der Waals surface area (Å²) in [4.78, 5) is 0. The van der Waals surface area contributed by atoms with E-state index in [1.54, 1.807) is 7.11 Å². The van der Waals surface area contributed by atoms with E-state index < -0.39 is 11.6 Å². The zero-order valence-corrected chi connectivity index (χ0v) is 13.4. The number of halogens is 3. The SMILES string of the molecule is COc1ccc(CC(C)Nc2c(F)cc(F)cc2Br)cc1. The minimum Gasteiger partial charge on any atom is -0.497 e. The molecule has 0 bridgehead atoms. The normalized spacial score (nSPS) is 12.0. The smallest absolute Gasteiger partial charge is 0.150 e. The number of benzene rings is 2. The van der Waals surface area contributed by atoms with Crippen molar-refractivity contribution in [3.63, 3.8) is 0 Å². The minimum absolute atomic E-state index is 0.00495. The molecule has 1 N–H and O–H groups in total. The first-order valence-electron chi connectivity index (χ1n) is 6.53. The third kappa shape index (κ3) is 4.17. The van der Waals surface area contributed by atoms with E-state index in [9.17, 15) is 8.78 Å². The van der Waals surface area contributed by atoms with Crippen molar-refractivity contribution in [2.45, 2.75) is 19.4 Å². The summed E-state index contributed by atoms with van der Waals surface area (Å²) in [6.45, 7) is 1.94. The number of hydrogen-bond acceptors (Lipinski definition) is 2. The first kappa shape index (κ1) is 15.8. The van der Waals surface area contributed by atoms with Crippen molar-refractivity contribution in [1.29, 1.82) is 0 Å². The van der Waals surface area contributed by atoms with Crippen LogP contribution in [0, 0.1) is 11.6 Å². The Hall–Kier alpha value is -1.62. The van der Waals surface area contributed by atoms with Crippen molar-refractivity contribution in [2.75, 3.05) is 12.4 Å². The van der Waals surface area contributed by atoms with Gasteiger partial charge in [0.15, 0.2) is 0 Å². The molecule has 0 spiro atoms. The topological polar surface area (TPSA) is 21.3 Å². The van der Waals surface area contributed by atoms with Crippen LogP contribution in [0.3, 0.4) is 0 Å².